The number of sulfone groups is 1. The van der Waals surface area contributed by atoms with Crippen molar-refractivity contribution in [3.05, 3.63) is 76.5 Å². The first kappa shape index (κ1) is 30.7. The van der Waals surface area contributed by atoms with Gasteiger partial charge in [-0.25, -0.2) is 30.5 Å². The number of ether oxygens (including phenoxy) is 1. The van der Waals surface area contributed by atoms with Crippen LogP contribution < -0.4 is 16.2 Å². The molecule has 1 fully saturated rings. The summed E-state index contributed by atoms with van der Waals surface area (Å²) in [5.74, 6) is -0.701. The number of likely N-dealkylation sites (N-methyl/N-ethyl adjacent to an activating group) is 1. The number of aromatic nitrogens is 3. The van der Waals surface area contributed by atoms with Crippen LogP contribution >= 0.6 is 0 Å². The highest BCUT2D eigenvalue weighted by atomic mass is 32.2. The number of hydrogen-bond acceptors (Lipinski definition) is 10. The number of morpholine rings is 1. The topological polar surface area (TPSA) is 153 Å². The summed E-state index contributed by atoms with van der Waals surface area (Å²) in [4.78, 5) is 22.5. The van der Waals surface area contributed by atoms with Gasteiger partial charge in [0.15, 0.2) is 9.84 Å². The molecule has 3 heterocycles. The monoisotopic (exact) mass is 630 g/mol. The van der Waals surface area contributed by atoms with Gasteiger partial charge in [0.1, 0.15) is 11.5 Å². The molecule has 1 aliphatic rings. The number of fused-ring (bicyclic) bond motifs is 1. The quantitative estimate of drug-likeness (QED) is 0.282. The summed E-state index contributed by atoms with van der Waals surface area (Å²) in [6.45, 7) is 2.03. The van der Waals surface area contributed by atoms with Crippen LogP contribution in [0.3, 0.4) is 0 Å². The standard InChI is InChI=1S/C28H31FN6O6S2/c1-34(43(3,39)40)11-12-35-26-19(14-23(27(35)36)22-9-8-21(15-24(22)29)42(2,37)38)16-31-28(33-26)32-20-6-4-18(5-7-20)25-17-30-10-13-41-25/h4-9,14-16,25,30H,10-13,17H2,1-3H3,(H,31,32,33). The molecule has 1 aliphatic heterocycles. The van der Waals surface area contributed by atoms with Crippen LogP contribution in [-0.4, -0.2) is 81.5 Å². The maximum atomic E-state index is 15.1. The molecule has 0 spiro atoms. The van der Waals surface area contributed by atoms with E-state index in [0.717, 1.165) is 41.5 Å². The van der Waals surface area contributed by atoms with Crippen LogP contribution in [-0.2, 0) is 31.1 Å². The van der Waals surface area contributed by atoms with E-state index in [1.165, 1.54) is 36.0 Å². The Kier molecular flexibility index (Phi) is 8.63. The van der Waals surface area contributed by atoms with Gasteiger partial charge in [0.25, 0.3) is 5.56 Å². The van der Waals surface area contributed by atoms with Gasteiger partial charge in [0.05, 0.1) is 29.4 Å². The minimum atomic E-state index is -3.67. The van der Waals surface area contributed by atoms with Gasteiger partial charge in [-0.05, 0) is 42.0 Å². The zero-order valence-electron chi connectivity index (χ0n) is 23.7. The minimum Gasteiger partial charge on any atom is -0.371 e. The van der Waals surface area contributed by atoms with E-state index in [0.29, 0.717) is 17.7 Å². The number of benzene rings is 2. The Balaban J connectivity index is 1.53. The molecule has 0 bridgehead atoms. The highest BCUT2D eigenvalue weighted by molar-refractivity contribution is 7.90. The summed E-state index contributed by atoms with van der Waals surface area (Å²) in [6, 6.07) is 12.4. The van der Waals surface area contributed by atoms with Crippen LogP contribution in [0, 0.1) is 5.82 Å². The molecule has 0 aliphatic carbocycles. The Bertz CT molecular complexity index is 1940. The molecule has 2 aromatic heterocycles. The molecule has 1 saturated heterocycles. The molecule has 1 atom stereocenters. The van der Waals surface area contributed by atoms with Gasteiger partial charge < -0.3 is 15.4 Å². The van der Waals surface area contributed by atoms with Gasteiger partial charge in [-0.3, -0.25) is 9.36 Å². The highest BCUT2D eigenvalue weighted by Crippen LogP contribution is 2.27. The summed E-state index contributed by atoms with van der Waals surface area (Å²) in [5.41, 5.74) is 1.14. The first-order valence-electron chi connectivity index (χ1n) is 13.3. The average molecular weight is 631 g/mol. The van der Waals surface area contributed by atoms with Crippen molar-refractivity contribution in [1.29, 1.82) is 0 Å². The first-order valence-corrected chi connectivity index (χ1v) is 17.1. The molecule has 2 aromatic carbocycles. The summed E-state index contributed by atoms with van der Waals surface area (Å²) < 4.78 is 71.1. The van der Waals surface area contributed by atoms with Gasteiger partial charge in [0.2, 0.25) is 16.0 Å². The maximum absolute atomic E-state index is 15.1. The molecule has 4 aromatic rings. The van der Waals surface area contributed by atoms with Crippen molar-refractivity contribution in [2.45, 2.75) is 17.5 Å². The van der Waals surface area contributed by atoms with Crippen LogP contribution in [0.1, 0.15) is 11.7 Å². The van der Waals surface area contributed by atoms with Crippen LogP contribution in [0.25, 0.3) is 22.2 Å². The van der Waals surface area contributed by atoms with E-state index >= 15 is 4.39 Å². The third-order valence-corrected chi connectivity index (χ3v) is 9.58. The molecule has 15 heteroatoms. The lowest BCUT2D eigenvalue weighted by Gasteiger charge is -2.24. The van der Waals surface area contributed by atoms with Crippen molar-refractivity contribution in [1.82, 2.24) is 24.2 Å². The SMILES string of the molecule is CN(CCn1c(=O)c(-c2ccc(S(C)(=O)=O)cc2F)cc2cnc(Nc3ccc(C4CNCCO4)cc3)nc21)S(C)(=O)=O. The lowest BCUT2D eigenvalue weighted by atomic mass is 10.1. The van der Waals surface area contributed by atoms with Crippen molar-refractivity contribution in [3.8, 4) is 11.1 Å². The molecular formula is C28H31FN6O6S2. The molecule has 0 radical (unpaired) electrons. The fraction of sp³-hybridized carbons (Fsp3) is 0.321. The van der Waals surface area contributed by atoms with Gasteiger partial charge in [-0.1, -0.05) is 12.1 Å². The average Bonchev–Trinajstić information content (AvgIpc) is 2.96. The molecule has 228 valence electrons. The predicted octanol–water partition coefficient (Wildman–Crippen LogP) is 2.30. The fourth-order valence-corrected chi connectivity index (χ4v) is 5.71. The van der Waals surface area contributed by atoms with E-state index in [4.69, 9.17) is 4.74 Å². The lowest BCUT2D eigenvalue weighted by Crippen LogP contribution is -2.33. The van der Waals surface area contributed by atoms with Crippen molar-refractivity contribution in [2.75, 3.05) is 51.1 Å². The Labute approximate surface area is 248 Å². The Hall–Kier alpha value is -3.76. The molecule has 2 N–H and O–H groups in total. The molecule has 0 saturated carbocycles. The maximum Gasteiger partial charge on any atom is 0.260 e. The van der Waals surface area contributed by atoms with Crippen LogP contribution in [0.4, 0.5) is 16.0 Å². The second-order valence-corrected chi connectivity index (χ2v) is 14.4. The van der Waals surface area contributed by atoms with E-state index in [1.54, 1.807) is 0 Å². The number of anilines is 2. The number of nitrogens with zero attached hydrogens (tertiary/aromatic N) is 4. The number of nitrogens with one attached hydrogen (secondary N) is 2. The highest BCUT2D eigenvalue weighted by Gasteiger charge is 2.20. The Morgan fingerprint density at radius 2 is 1.84 bits per heavy atom. The molecular weight excluding hydrogens is 599 g/mol. The van der Waals surface area contributed by atoms with Gasteiger partial charge in [-0.2, -0.15) is 4.98 Å². The van der Waals surface area contributed by atoms with Crippen molar-refractivity contribution in [2.24, 2.45) is 0 Å². The van der Waals surface area contributed by atoms with E-state index < -0.39 is 31.2 Å². The van der Waals surface area contributed by atoms with Gasteiger partial charge in [0, 0.05) is 62.3 Å². The zero-order chi connectivity index (χ0) is 30.9. The largest absolute Gasteiger partial charge is 0.371 e. The third-order valence-electron chi connectivity index (χ3n) is 7.16. The second kappa shape index (κ2) is 12.1. The fourth-order valence-electron chi connectivity index (χ4n) is 4.66. The number of halogens is 1. The number of rotatable bonds is 9. The van der Waals surface area contributed by atoms with Gasteiger partial charge in [-0.15, -0.1) is 0 Å². The normalized spacial score (nSPS) is 16.1. The van der Waals surface area contributed by atoms with Crippen LogP contribution in [0.15, 0.2) is 64.4 Å². The van der Waals surface area contributed by atoms with Crippen molar-refractivity contribution in [3.63, 3.8) is 0 Å². The molecule has 1 unspecified atom stereocenters. The molecule has 5 rings (SSSR count). The zero-order valence-corrected chi connectivity index (χ0v) is 25.4. The summed E-state index contributed by atoms with van der Waals surface area (Å²) in [5, 5.41) is 6.81. The molecule has 12 nitrogen and oxygen atoms in total. The van der Waals surface area contributed by atoms with Gasteiger partial charge >= 0.3 is 0 Å². The summed E-state index contributed by atoms with van der Waals surface area (Å²) in [6.07, 6.45) is 3.45. The summed E-state index contributed by atoms with van der Waals surface area (Å²) >= 11 is 0. The van der Waals surface area contributed by atoms with E-state index in [9.17, 15) is 21.6 Å². The third kappa shape index (κ3) is 6.91. The first-order chi connectivity index (χ1) is 20.3. The number of sulfonamides is 1. The molecule has 0 amide bonds. The second-order valence-electron chi connectivity index (χ2n) is 10.3. The van der Waals surface area contributed by atoms with Crippen LogP contribution in [0.2, 0.25) is 0 Å². The predicted molar refractivity (Wildman–Crippen MR) is 161 cm³/mol. The van der Waals surface area contributed by atoms with E-state index in [-0.39, 0.29) is 46.8 Å². The molecule has 43 heavy (non-hydrogen) atoms. The smallest absolute Gasteiger partial charge is 0.260 e. The van der Waals surface area contributed by atoms with Crippen molar-refractivity contribution < 1.29 is 26.0 Å². The van der Waals surface area contributed by atoms with E-state index in [2.05, 4.69) is 20.6 Å². The number of pyridine rings is 1. The van der Waals surface area contributed by atoms with Crippen LogP contribution in [0.5, 0.6) is 0 Å². The Morgan fingerprint density at radius 3 is 2.47 bits per heavy atom. The minimum absolute atomic E-state index is 0.0409. The lowest BCUT2D eigenvalue weighted by molar-refractivity contribution is 0.0277. The Morgan fingerprint density at radius 1 is 1.09 bits per heavy atom. The van der Waals surface area contributed by atoms with Crippen molar-refractivity contribution >= 4 is 42.5 Å². The summed E-state index contributed by atoms with van der Waals surface area (Å²) in [7, 11) is -5.83. The van der Waals surface area contributed by atoms with E-state index in [1.807, 2.05) is 24.3 Å². The number of hydrogen-bond donors (Lipinski definition) is 2.